The van der Waals surface area contributed by atoms with Crippen molar-refractivity contribution in [1.82, 2.24) is 19.7 Å². The second-order valence-electron chi connectivity index (χ2n) is 3.76. The third-order valence-corrected chi connectivity index (χ3v) is 3.14. The van der Waals surface area contributed by atoms with Gasteiger partial charge in [0.15, 0.2) is 0 Å². The zero-order valence-electron chi connectivity index (χ0n) is 10.3. The molecule has 2 aromatic heterocycles. The van der Waals surface area contributed by atoms with Gasteiger partial charge in [0.1, 0.15) is 5.82 Å². The summed E-state index contributed by atoms with van der Waals surface area (Å²) in [6.45, 7) is 0.790. The molecule has 0 aromatic carbocycles. The number of nitrogens with one attached hydrogen (secondary N) is 2. The first-order valence-electron chi connectivity index (χ1n) is 5.61. The van der Waals surface area contributed by atoms with Crippen molar-refractivity contribution in [2.75, 3.05) is 24.2 Å². The quantitative estimate of drug-likeness (QED) is 0.879. The van der Waals surface area contributed by atoms with Crippen LogP contribution < -0.4 is 10.6 Å². The van der Waals surface area contributed by atoms with Crippen molar-refractivity contribution in [3.8, 4) is 0 Å². The molecule has 2 rings (SSSR count). The molecule has 0 unspecified atom stereocenters. The van der Waals surface area contributed by atoms with Crippen LogP contribution in [0.5, 0.6) is 0 Å². The molecular formula is C11H15BrN6. The minimum Gasteiger partial charge on any atom is -0.369 e. The van der Waals surface area contributed by atoms with Crippen molar-refractivity contribution in [3.63, 3.8) is 0 Å². The summed E-state index contributed by atoms with van der Waals surface area (Å²) in [5.41, 5.74) is 1.18. The van der Waals surface area contributed by atoms with Crippen LogP contribution in [0, 0.1) is 0 Å². The summed E-state index contributed by atoms with van der Waals surface area (Å²) in [6.07, 6.45) is 4.42. The van der Waals surface area contributed by atoms with E-state index < -0.39 is 0 Å². The lowest BCUT2D eigenvalue weighted by atomic mass is 10.3. The van der Waals surface area contributed by atoms with Gasteiger partial charge in [-0.3, -0.25) is 4.68 Å². The Morgan fingerprint density at radius 2 is 2.28 bits per heavy atom. The van der Waals surface area contributed by atoms with Gasteiger partial charge in [-0.05, 0) is 22.0 Å². The summed E-state index contributed by atoms with van der Waals surface area (Å²) in [5, 5.41) is 10.3. The molecule has 2 aromatic rings. The molecule has 0 aliphatic rings. The van der Waals surface area contributed by atoms with E-state index in [4.69, 9.17) is 0 Å². The van der Waals surface area contributed by atoms with Crippen LogP contribution in [0.15, 0.2) is 22.9 Å². The first-order chi connectivity index (χ1) is 8.70. The smallest absolute Gasteiger partial charge is 0.224 e. The van der Waals surface area contributed by atoms with E-state index in [2.05, 4.69) is 41.6 Å². The van der Waals surface area contributed by atoms with E-state index in [0.717, 1.165) is 23.3 Å². The standard InChI is InChI=1S/C11H15BrN6/c1-13-11-15-7-9(12)10(17-11)14-5-3-8-4-6-16-18(8)2/h4,6-7H,3,5H2,1-2H3,(H2,13,14,15,17). The molecule has 2 heterocycles. The first kappa shape index (κ1) is 12.8. The van der Waals surface area contributed by atoms with Crippen LogP contribution in [0.1, 0.15) is 5.69 Å². The van der Waals surface area contributed by atoms with Crippen LogP contribution in [0.2, 0.25) is 0 Å². The SMILES string of the molecule is CNc1ncc(Br)c(NCCc2ccnn2C)n1. The van der Waals surface area contributed by atoms with Crippen LogP contribution in [0.3, 0.4) is 0 Å². The second kappa shape index (κ2) is 5.81. The minimum absolute atomic E-state index is 0.598. The zero-order chi connectivity index (χ0) is 13.0. The first-order valence-corrected chi connectivity index (χ1v) is 6.41. The predicted octanol–water partition coefficient (Wildman–Crippen LogP) is 1.67. The van der Waals surface area contributed by atoms with Crippen LogP contribution in [-0.4, -0.2) is 33.3 Å². The number of aromatic nitrogens is 4. The number of nitrogens with zero attached hydrogens (tertiary/aromatic N) is 4. The van der Waals surface area contributed by atoms with Crippen LogP contribution in [0.25, 0.3) is 0 Å². The summed E-state index contributed by atoms with van der Waals surface area (Å²) in [4.78, 5) is 8.44. The van der Waals surface area contributed by atoms with Gasteiger partial charge in [0, 0.05) is 45.1 Å². The van der Waals surface area contributed by atoms with Gasteiger partial charge in [-0.25, -0.2) is 4.98 Å². The molecule has 0 atom stereocenters. The number of halogens is 1. The van der Waals surface area contributed by atoms with E-state index in [0.29, 0.717) is 5.95 Å². The van der Waals surface area contributed by atoms with E-state index in [1.165, 1.54) is 5.69 Å². The maximum atomic E-state index is 4.33. The highest BCUT2D eigenvalue weighted by atomic mass is 79.9. The Labute approximate surface area is 114 Å². The van der Waals surface area contributed by atoms with Crippen molar-refractivity contribution in [2.45, 2.75) is 6.42 Å². The Kier molecular flexibility index (Phi) is 4.14. The number of hydrogen-bond donors (Lipinski definition) is 2. The van der Waals surface area contributed by atoms with Gasteiger partial charge in [0.25, 0.3) is 0 Å². The maximum Gasteiger partial charge on any atom is 0.224 e. The van der Waals surface area contributed by atoms with Gasteiger partial charge >= 0.3 is 0 Å². The van der Waals surface area contributed by atoms with E-state index in [1.54, 1.807) is 19.4 Å². The van der Waals surface area contributed by atoms with Gasteiger partial charge in [-0.2, -0.15) is 10.1 Å². The average molecular weight is 311 g/mol. The fourth-order valence-electron chi connectivity index (χ4n) is 1.57. The lowest BCUT2D eigenvalue weighted by molar-refractivity contribution is 0.711. The van der Waals surface area contributed by atoms with Crippen molar-refractivity contribution in [1.29, 1.82) is 0 Å². The molecule has 18 heavy (non-hydrogen) atoms. The number of aryl methyl sites for hydroxylation is 1. The van der Waals surface area contributed by atoms with Crippen LogP contribution in [-0.2, 0) is 13.5 Å². The minimum atomic E-state index is 0.598. The summed E-state index contributed by atoms with van der Waals surface area (Å²) in [7, 11) is 3.73. The van der Waals surface area contributed by atoms with Crippen molar-refractivity contribution in [2.24, 2.45) is 7.05 Å². The van der Waals surface area contributed by atoms with Gasteiger partial charge in [0.2, 0.25) is 5.95 Å². The van der Waals surface area contributed by atoms with Crippen molar-refractivity contribution < 1.29 is 0 Å². The Bertz CT molecular complexity index is 524. The fourth-order valence-corrected chi connectivity index (χ4v) is 1.90. The molecule has 0 amide bonds. The van der Waals surface area contributed by atoms with Gasteiger partial charge < -0.3 is 10.6 Å². The van der Waals surface area contributed by atoms with E-state index in [1.807, 2.05) is 17.8 Å². The fraction of sp³-hybridized carbons (Fsp3) is 0.364. The summed E-state index contributed by atoms with van der Waals surface area (Å²) < 4.78 is 2.72. The molecule has 96 valence electrons. The second-order valence-corrected chi connectivity index (χ2v) is 4.62. The highest BCUT2D eigenvalue weighted by molar-refractivity contribution is 9.10. The highest BCUT2D eigenvalue weighted by Gasteiger charge is 2.04. The zero-order valence-corrected chi connectivity index (χ0v) is 11.9. The molecule has 0 radical (unpaired) electrons. The predicted molar refractivity (Wildman–Crippen MR) is 74.7 cm³/mol. The topological polar surface area (TPSA) is 67.7 Å². The summed E-state index contributed by atoms with van der Waals surface area (Å²) >= 11 is 3.42. The van der Waals surface area contributed by atoms with Crippen LogP contribution >= 0.6 is 15.9 Å². The third-order valence-electron chi connectivity index (χ3n) is 2.56. The van der Waals surface area contributed by atoms with E-state index >= 15 is 0 Å². The molecule has 0 saturated heterocycles. The molecule has 0 bridgehead atoms. The van der Waals surface area contributed by atoms with Crippen molar-refractivity contribution in [3.05, 3.63) is 28.6 Å². The van der Waals surface area contributed by atoms with Gasteiger partial charge in [-0.15, -0.1) is 0 Å². The largest absolute Gasteiger partial charge is 0.369 e. The molecule has 7 heteroatoms. The molecule has 0 spiro atoms. The Morgan fingerprint density at radius 3 is 2.94 bits per heavy atom. The molecular weight excluding hydrogens is 296 g/mol. The summed E-state index contributed by atoms with van der Waals surface area (Å²) in [6, 6.07) is 2.01. The average Bonchev–Trinajstić information content (AvgIpc) is 2.77. The summed E-state index contributed by atoms with van der Waals surface area (Å²) in [5.74, 6) is 1.39. The molecule has 6 nitrogen and oxygen atoms in total. The molecule has 0 aliphatic heterocycles. The van der Waals surface area contributed by atoms with E-state index in [9.17, 15) is 0 Å². The number of hydrogen-bond acceptors (Lipinski definition) is 5. The lowest BCUT2D eigenvalue weighted by Gasteiger charge is -2.08. The molecule has 2 N–H and O–H groups in total. The third kappa shape index (κ3) is 2.98. The van der Waals surface area contributed by atoms with Crippen molar-refractivity contribution >= 4 is 27.7 Å². The van der Waals surface area contributed by atoms with Gasteiger partial charge in [-0.1, -0.05) is 0 Å². The van der Waals surface area contributed by atoms with Gasteiger partial charge in [0.05, 0.1) is 4.47 Å². The molecule has 0 saturated carbocycles. The normalized spacial score (nSPS) is 10.4. The highest BCUT2D eigenvalue weighted by Crippen LogP contribution is 2.19. The van der Waals surface area contributed by atoms with Crippen LogP contribution in [0.4, 0.5) is 11.8 Å². The lowest BCUT2D eigenvalue weighted by Crippen LogP contribution is -2.10. The monoisotopic (exact) mass is 310 g/mol. The molecule has 0 aliphatic carbocycles. The Morgan fingerprint density at radius 1 is 1.44 bits per heavy atom. The Hall–Kier alpha value is -1.63. The maximum absolute atomic E-state index is 4.33. The van der Waals surface area contributed by atoms with E-state index in [-0.39, 0.29) is 0 Å². The molecule has 0 fully saturated rings. The number of rotatable bonds is 5. The number of anilines is 2. The Balaban J connectivity index is 1.96.